The number of phenols is 2. The fraction of sp³-hybridized carbons (Fsp3) is 0.233. The third-order valence-corrected chi connectivity index (χ3v) is 11.3. The zero-order chi connectivity index (χ0) is 40.7. The lowest BCUT2D eigenvalue weighted by Crippen LogP contribution is -2.49. The van der Waals surface area contributed by atoms with Crippen molar-refractivity contribution in [1.29, 1.82) is 0 Å². The van der Waals surface area contributed by atoms with Crippen LogP contribution in [0.2, 0.25) is 0 Å². The summed E-state index contributed by atoms with van der Waals surface area (Å²) < 4.78 is 12.9. The van der Waals surface area contributed by atoms with Gasteiger partial charge in [-0.15, -0.1) is 0 Å². The summed E-state index contributed by atoms with van der Waals surface area (Å²) in [6.07, 6.45) is 0.694. The maximum atomic E-state index is 14.4. The highest BCUT2D eigenvalue weighted by atomic mass is 79.9. The number of oxazole rings is 1. The van der Waals surface area contributed by atoms with Crippen molar-refractivity contribution in [3.63, 3.8) is 0 Å². The van der Waals surface area contributed by atoms with Crippen molar-refractivity contribution >= 4 is 56.2 Å². The minimum absolute atomic E-state index is 0.00590. The molecule has 14 nitrogen and oxygen atoms in total. The molecule has 0 aliphatic carbocycles. The van der Waals surface area contributed by atoms with Gasteiger partial charge in [0.25, 0.3) is 5.91 Å². The van der Waals surface area contributed by atoms with Crippen LogP contribution in [-0.4, -0.2) is 63.0 Å². The molecule has 4 aromatic carbocycles. The highest BCUT2D eigenvalue weighted by Crippen LogP contribution is 2.53. The SMILES string of the molecule is CC(C)C1NC(=O)[C@@H](NC(=O)OCc2ccccc2)Cc2ccc(O)c(c2)C2(CNc3c(Br)cccc32)c2oc1nc2C(=O)NCC(=O)c1c[nH]c2c(O)cccc12. The van der Waals surface area contributed by atoms with Crippen LogP contribution in [-0.2, 0) is 28.0 Å². The molecule has 7 N–H and O–H groups in total. The second-order valence-corrected chi connectivity index (χ2v) is 15.6. The summed E-state index contributed by atoms with van der Waals surface area (Å²) in [4.78, 5) is 63.0. The van der Waals surface area contributed by atoms with Crippen molar-refractivity contribution in [1.82, 2.24) is 25.9 Å². The van der Waals surface area contributed by atoms with Gasteiger partial charge in [-0.1, -0.05) is 80.6 Å². The number of aromatic hydroxyl groups is 2. The zero-order valence-corrected chi connectivity index (χ0v) is 33.0. The van der Waals surface area contributed by atoms with Crippen LogP contribution < -0.4 is 21.3 Å². The Kier molecular flexibility index (Phi) is 10.2. The molecule has 0 radical (unpaired) electrons. The summed E-state index contributed by atoms with van der Waals surface area (Å²) >= 11 is 3.65. The number of rotatable bonds is 8. The summed E-state index contributed by atoms with van der Waals surface area (Å²) in [6, 6.07) is 22.4. The summed E-state index contributed by atoms with van der Waals surface area (Å²) in [6.45, 7) is 3.39. The lowest BCUT2D eigenvalue weighted by molar-refractivity contribution is -0.124. The van der Waals surface area contributed by atoms with E-state index in [4.69, 9.17) is 14.1 Å². The van der Waals surface area contributed by atoms with E-state index < -0.39 is 47.7 Å². The molecule has 4 heterocycles. The van der Waals surface area contributed by atoms with Crippen LogP contribution in [0.15, 0.2) is 100 Å². The van der Waals surface area contributed by atoms with Crippen LogP contribution in [0.4, 0.5) is 10.5 Å². The number of anilines is 1. The first-order chi connectivity index (χ1) is 27.9. The molecule has 2 aromatic heterocycles. The number of amides is 3. The highest BCUT2D eigenvalue weighted by molar-refractivity contribution is 9.10. The number of hydrogen-bond donors (Lipinski definition) is 7. The molecule has 8 rings (SSSR count). The molecule has 3 amide bonds. The van der Waals surface area contributed by atoms with Gasteiger partial charge >= 0.3 is 6.09 Å². The first kappa shape index (κ1) is 38.3. The number of nitrogens with one attached hydrogen (secondary N) is 5. The Morgan fingerprint density at radius 2 is 1.79 bits per heavy atom. The number of fused-ring (bicyclic) bond motifs is 9. The lowest BCUT2D eigenvalue weighted by Gasteiger charge is -2.31. The second-order valence-electron chi connectivity index (χ2n) is 14.7. The number of para-hydroxylation sites is 2. The number of aromatic amines is 1. The maximum Gasteiger partial charge on any atom is 0.408 e. The summed E-state index contributed by atoms with van der Waals surface area (Å²) in [5.41, 5.74) is 2.23. The van der Waals surface area contributed by atoms with Crippen molar-refractivity contribution in [3.05, 3.63) is 141 Å². The molecule has 4 bridgehead atoms. The monoisotopic (exact) mass is 846 g/mol. The quantitative estimate of drug-likeness (QED) is 0.0843. The topological polar surface area (TPSA) is 208 Å². The van der Waals surface area contributed by atoms with Gasteiger partial charge in [0.15, 0.2) is 17.2 Å². The lowest BCUT2D eigenvalue weighted by atomic mass is 9.72. The number of phenolic OH excluding ortho intramolecular Hbond substituents is 2. The fourth-order valence-corrected chi connectivity index (χ4v) is 8.24. The van der Waals surface area contributed by atoms with E-state index in [1.54, 1.807) is 24.3 Å². The van der Waals surface area contributed by atoms with E-state index >= 15 is 0 Å². The van der Waals surface area contributed by atoms with Gasteiger partial charge < -0.3 is 45.6 Å². The summed E-state index contributed by atoms with van der Waals surface area (Å²) in [5.74, 6) is -2.09. The molecule has 15 heteroatoms. The van der Waals surface area contributed by atoms with Crippen molar-refractivity contribution in [2.24, 2.45) is 5.92 Å². The van der Waals surface area contributed by atoms with Gasteiger partial charge in [-0.3, -0.25) is 14.4 Å². The van der Waals surface area contributed by atoms with E-state index in [0.29, 0.717) is 33.3 Å². The number of carbonyl (C=O) groups is 4. The van der Waals surface area contributed by atoms with E-state index in [9.17, 15) is 29.4 Å². The Bertz CT molecular complexity index is 2590. The number of Topliss-reactive ketones (excluding diaryl/α,β-unsaturated/α-hetero) is 1. The van der Waals surface area contributed by atoms with Crippen molar-refractivity contribution < 1.29 is 38.5 Å². The van der Waals surface area contributed by atoms with Crippen LogP contribution in [0.25, 0.3) is 10.9 Å². The van der Waals surface area contributed by atoms with E-state index in [0.717, 1.165) is 10.0 Å². The Hall–Kier alpha value is -6.61. The number of ketones is 1. The van der Waals surface area contributed by atoms with Gasteiger partial charge in [-0.2, -0.15) is 0 Å². The van der Waals surface area contributed by atoms with Crippen molar-refractivity contribution in [3.8, 4) is 11.5 Å². The van der Waals surface area contributed by atoms with Crippen LogP contribution in [0, 0.1) is 5.92 Å². The Morgan fingerprint density at radius 1 is 1.00 bits per heavy atom. The van der Waals surface area contributed by atoms with Gasteiger partial charge in [0, 0.05) is 40.1 Å². The van der Waals surface area contributed by atoms with E-state index in [-0.39, 0.29) is 59.9 Å². The maximum absolute atomic E-state index is 14.4. The Balaban J connectivity index is 1.21. The van der Waals surface area contributed by atoms with Crippen LogP contribution in [0.1, 0.15) is 74.6 Å². The average molecular weight is 848 g/mol. The third-order valence-electron chi connectivity index (χ3n) is 10.7. The number of alkyl carbamates (subject to hydrolysis) is 1. The number of aromatic nitrogens is 2. The number of H-pyrrole nitrogens is 1. The number of halogens is 1. The van der Waals surface area contributed by atoms with Gasteiger partial charge in [0.1, 0.15) is 35.6 Å². The van der Waals surface area contributed by atoms with E-state index in [1.165, 1.54) is 18.3 Å². The Labute approximate surface area is 340 Å². The largest absolute Gasteiger partial charge is 0.508 e. The number of nitrogens with zero attached hydrogens (tertiary/aromatic N) is 1. The average Bonchev–Trinajstić information content (AvgIpc) is 3.96. The third kappa shape index (κ3) is 6.91. The summed E-state index contributed by atoms with van der Waals surface area (Å²) in [7, 11) is 0. The van der Waals surface area contributed by atoms with Crippen LogP contribution in [0.5, 0.6) is 11.5 Å². The van der Waals surface area contributed by atoms with Gasteiger partial charge in [0.05, 0.1) is 17.7 Å². The molecule has 3 atom stereocenters. The minimum atomic E-state index is -1.36. The molecule has 1 spiro atoms. The fourth-order valence-electron chi connectivity index (χ4n) is 7.73. The van der Waals surface area contributed by atoms with Gasteiger partial charge in [-0.25, -0.2) is 9.78 Å². The molecule has 58 heavy (non-hydrogen) atoms. The zero-order valence-electron chi connectivity index (χ0n) is 31.4. The second kappa shape index (κ2) is 15.4. The van der Waals surface area contributed by atoms with E-state index in [1.807, 2.05) is 62.4 Å². The highest BCUT2D eigenvalue weighted by Gasteiger charge is 2.51. The first-order valence-corrected chi connectivity index (χ1v) is 19.5. The molecule has 0 saturated heterocycles. The number of ether oxygens (including phenoxy) is 1. The van der Waals surface area contributed by atoms with Crippen molar-refractivity contribution in [2.75, 3.05) is 18.4 Å². The first-order valence-electron chi connectivity index (χ1n) is 18.7. The normalized spacial score (nSPS) is 18.4. The standard InChI is InChI=1S/C43H39BrN6O8/c1-22(2)34-41-50-37(40(55)46-19-33(53)26-18-45-35-25(26)10-6-13-32(35)52)38(58-41)43(21-47-36-27(43)11-7-12-29(36)44)28-16-24(14-15-31(28)51)17-30(39(54)49-34)48-42(56)57-20-23-8-4-3-5-9-23/h3-16,18,22,30,34,45,47,51-52H,17,19-21H2,1-2H3,(H,46,55)(H,48,56)(H,49,54)/t30-,34?,43?/m0/s1. The van der Waals surface area contributed by atoms with Crippen molar-refractivity contribution in [2.45, 2.75) is 44.4 Å². The molecule has 2 unspecified atom stereocenters. The predicted octanol–water partition coefficient (Wildman–Crippen LogP) is 6.37. The van der Waals surface area contributed by atoms with Crippen LogP contribution >= 0.6 is 15.9 Å². The molecule has 2 aliphatic heterocycles. The predicted molar refractivity (Wildman–Crippen MR) is 217 cm³/mol. The molecule has 0 saturated carbocycles. The molecular weight excluding hydrogens is 808 g/mol. The number of hydrogen-bond acceptors (Lipinski definition) is 10. The minimum Gasteiger partial charge on any atom is -0.508 e. The number of carbonyl (C=O) groups excluding carboxylic acids is 4. The number of benzene rings is 4. The van der Waals surface area contributed by atoms with E-state index in [2.05, 4.69) is 42.2 Å². The summed E-state index contributed by atoms with van der Waals surface area (Å²) in [5, 5.41) is 34.4. The molecule has 6 aromatic rings. The molecule has 296 valence electrons. The van der Waals surface area contributed by atoms with Gasteiger partial charge in [-0.05, 0) is 56.7 Å². The molecule has 0 fully saturated rings. The molecular formula is C43H39BrN6O8. The Morgan fingerprint density at radius 3 is 2.59 bits per heavy atom. The van der Waals surface area contributed by atoms with Crippen LogP contribution in [0.3, 0.4) is 0 Å². The van der Waals surface area contributed by atoms with Gasteiger partial charge in [0.2, 0.25) is 11.8 Å². The smallest absolute Gasteiger partial charge is 0.408 e. The molecule has 2 aliphatic rings.